The topological polar surface area (TPSA) is 98.3 Å². The van der Waals surface area contributed by atoms with Gasteiger partial charge in [0.05, 0.1) is 5.70 Å². The van der Waals surface area contributed by atoms with Gasteiger partial charge in [0.25, 0.3) is 5.56 Å². The number of allylic oxidation sites excluding steroid dienone is 2. The Morgan fingerprint density at radius 2 is 2.13 bits per heavy atom. The average molecular weight is 205 g/mol. The first kappa shape index (κ1) is 9.20. The average Bonchev–Trinajstić information content (AvgIpc) is 2.63. The standard InChI is InChI=1S/C9H7N3O3/c13-7-6(4-5-2-1-3-10-5)8(14)12-9(15)11-7/h1-4H,(H3,11,12,13,14,15)/b5-4-. The summed E-state index contributed by atoms with van der Waals surface area (Å²) in [6.45, 7) is 0. The lowest BCUT2D eigenvalue weighted by atomic mass is 10.2. The number of aromatic hydroxyl groups is 1. The molecule has 0 unspecified atom stereocenters. The smallest absolute Gasteiger partial charge is 0.328 e. The fourth-order valence-electron chi connectivity index (χ4n) is 1.17. The fraction of sp³-hybridized carbons (Fsp3) is 0. The Balaban J connectivity index is 2.59. The third-order valence-corrected chi connectivity index (χ3v) is 1.83. The maximum atomic E-state index is 11.3. The van der Waals surface area contributed by atoms with Gasteiger partial charge >= 0.3 is 5.69 Å². The molecule has 0 amide bonds. The highest BCUT2D eigenvalue weighted by molar-refractivity contribution is 5.79. The maximum Gasteiger partial charge on any atom is 0.328 e. The maximum absolute atomic E-state index is 11.3. The summed E-state index contributed by atoms with van der Waals surface area (Å²) in [5.41, 5.74) is -0.888. The SMILES string of the molecule is O=c1[nH]c(O)c(/C=C2/C=CC=N2)c(=O)[nH]1. The molecule has 0 saturated heterocycles. The van der Waals surface area contributed by atoms with Gasteiger partial charge in [-0.3, -0.25) is 19.8 Å². The van der Waals surface area contributed by atoms with Crippen LogP contribution in [0.3, 0.4) is 0 Å². The Hall–Kier alpha value is -2.37. The molecule has 6 heteroatoms. The minimum atomic E-state index is -0.745. The van der Waals surface area contributed by atoms with E-state index in [9.17, 15) is 14.7 Å². The van der Waals surface area contributed by atoms with E-state index in [0.717, 1.165) is 0 Å². The molecule has 6 nitrogen and oxygen atoms in total. The third kappa shape index (κ3) is 1.78. The van der Waals surface area contributed by atoms with Crippen LogP contribution < -0.4 is 11.2 Å². The number of H-pyrrole nitrogens is 2. The van der Waals surface area contributed by atoms with E-state index < -0.39 is 17.1 Å². The number of hydrogen-bond acceptors (Lipinski definition) is 4. The summed E-state index contributed by atoms with van der Waals surface area (Å²) >= 11 is 0. The predicted molar refractivity (Wildman–Crippen MR) is 55.0 cm³/mol. The number of hydrogen-bond donors (Lipinski definition) is 3. The van der Waals surface area contributed by atoms with Gasteiger partial charge in [-0.1, -0.05) is 0 Å². The Bertz CT molecular complexity index is 575. The van der Waals surface area contributed by atoms with Crippen molar-refractivity contribution in [2.24, 2.45) is 4.99 Å². The highest BCUT2D eigenvalue weighted by Gasteiger charge is 2.06. The van der Waals surface area contributed by atoms with Crippen molar-refractivity contribution in [1.82, 2.24) is 9.97 Å². The lowest BCUT2D eigenvalue weighted by Gasteiger charge is -1.96. The van der Waals surface area contributed by atoms with Gasteiger partial charge in [0.2, 0.25) is 5.88 Å². The molecule has 0 fully saturated rings. The first-order valence-corrected chi connectivity index (χ1v) is 4.15. The van der Waals surface area contributed by atoms with E-state index in [1.54, 1.807) is 18.4 Å². The van der Waals surface area contributed by atoms with Crippen molar-refractivity contribution < 1.29 is 5.11 Å². The van der Waals surface area contributed by atoms with Crippen molar-refractivity contribution in [2.75, 3.05) is 0 Å². The van der Waals surface area contributed by atoms with Crippen LogP contribution in [0.2, 0.25) is 0 Å². The van der Waals surface area contributed by atoms with Gasteiger partial charge in [-0.05, 0) is 18.2 Å². The summed E-state index contributed by atoms with van der Waals surface area (Å²) in [5, 5.41) is 9.34. The number of aromatic amines is 2. The van der Waals surface area contributed by atoms with Gasteiger partial charge in [-0.15, -0.1) is 0 Å². The monoisotopic (exact) mass is 205 g/mol. The summed E-state index contributed by atoms with van der Waals surface area (Å²) in [5.74, 6) is -0.466. The predicted octanol–water partition coefficient (Wildman–Crippen LogP) is -0.250. The molecule has 0 spiro atoms. The molecule has 1 aliphatic heterocycles. The third-order valence-electron chi connectivity index (χ3n) is 1.83. The van der Waals surface area contributed by atoms with Crippen LogP contribution in [0.1, 0.15) is 5.56 Å². The van der Waals surface area contributed by atoms with E-state index in [0.29, 0.717) is 5.70 Å². The second-order valence-corrected chi connectivity index (χ2v) is 2.88. The summed E-state index contributed by atoms with van der Waals surface area (Å²) in [6.07, 6.45) is 6.31. The van der Waals surface area contributed by atoms with E-state index in [1.807, 2.05) is 4.98 Å². The van der Waals surface area contributed by atoms with Gasteiger partial charge in [0.15, 0.2) is 0 Å². The molecule has 76 valence electrons. The first-order valence-electron chi connectivity index (χ1n) is 4.15. The van der Waals surface area contributed by atoms with Crippen molar-refractivity contribution in [3.63, 3.8) is 0 Å². The van der Waals surface area contributed by atoms with Gasteiger partial charge in [-0.2, -0.15) is 0 Å². The molecule has 1 aromatic rings. The van der Waals surface area contributed by atoms with Crippen molar-refractivity contribution in [2.45, 2.75) is 0 Å². The molecule has 0 radical (unpaired) electrons. The van der Waals surface area contributed by atoms with Crippen LogP contribution in [0.4, 0.5) is 0 Å². The van der Waals surface area contributed by atoms with Crippen LogP contribution in [0, 0.1) is 0 Å². The zero-order valence-corrected chi connectivity index (χ0v) is 7.52. The van der Waals surface area contributed by atoms with Gasteiger partial charge < -0.3 is 5.11 Å². The second kappa shape index (κ2) is 3.41. The Morgan fingerprint density at radius 3 is 2.73 bits per heavy atom. The van der Waals surface area contributed by atoms with Crippen LogP contribution in [-0.2, 0) is 0 Å². The number of nitrogens with zero attached hydrogens (tertiary/aromatic N) is 1. The largest absolute Gasteiger partial charge is 0.494 e. The molecule has 15 heavy (non-hydrogen) atoms. The molecule has 1 aromatic heterocycles. The molecule has 2 heterocycles. The fourth-order valence-corrected chi connectivity index (χ4v) is 1.17. The van der Waals surface area contributed by atoms with Crippen LogP contribution in [0.15, 0.2) is 32.4 Å². The summed E-state index contributed by atoms with van der Waals surface area (Å²) < 4.78 is 0. The Morgan fingerprint density at radius 1 is 1.33 bits per heavy atom. The molecule has 0 aliphatic carbocycles. The molecule has 0 aromatic carbocycles. The minimum absolute atomic E-state index is 0.0201. The van der Waals surface area contributed by atoms with E-state index in [1.165, 1.54) is 6.08 Å². The zero-order chi connectivity index (χ0) is 10.8. The van der Waals surface area contributed by atoms with Crippen molar-refractivity contribution >= 4 is 12.3 Å². The lowest BCUT2D eigenvalue weighted by Crippen LogP contribution is -2.23. The van der Waals surface area contributed by atoms with Crippen molar-refractivity contribution in [3.8, 4) is 5.88 Å². The quantitative estimate of drug-likeness (QED) is 0.589. The number of aliphatic imine (C=N–C) groups is 1. The lowest BCUT2D eigenvalue weighted by molar-refractivity contribution is 0.447. The van der Waals surface area contributed by atoms with Crippen LogP contribution in [0.5, 0.6) is 5.88 Å². The van der Waals surface area contributed by atoms with E-state index in [4.69, 9.17) is 0 Å². The highest BCUT2D eigenvalue weighted by atomic mass is 16.3. The van der Waals surface area contributed by atoms with Crippen LogP contribution in [0.25, 0.3) is 6.08 Å². The van der Waals surface area contributed by atoms with E-state index in [-0.39, 0.29) is 5.56 Å². The molecule has 0 saturated carbocycles. The van der Waals surface area contributed by atoms with Crippen LogP contribution >= 0.6 is 0 Å². The first-order chi connectivity index (χ1) is 7.16. The van der Waals surface area contributed by atoms with Gasteiger partial charge in [0, 0.05) is 6.21 Å². The molecule has 0 bridgehead atoms. The zero-order valence-electron chi connectivity index (χ0n) is 7.52. The Labute approximate surface area is 83.3 Å². The second-order valence-electron chi connectivity index (χ2n) is 2.88. The molecule has 3 N–H and O–H groups in total. The van der Waals surface area contributed by atoms with E-state index in [2.05, 4.69) is 9.98 Å². The number of aromatic nitrogens is 2. The summed E-state index contributed by atoms with van der Waals surface area (Å²) in [4.78, 5) is 30.0. The molecule has 0 atom stereocenters. The van der Waals surface area contributed by atoms with Gasteiger partial charge in [-0.25, -0.2) is 4.79 Å². The van der Waals surface area contributed by atoms with Crippen molar-refractivity contribution in [3.05, 3.63) is 44.3 Å². The normalized spacial score (nSPS) is 16.4. The number of rotatable bonds is 1. The molecule has 2 rings (SSSR count). The summed E-state index contributed by atoms with van der Waals surface area (Å²) in [7, 11) is 0. The summed E-state index contributed by atoms with van der Waals surface area (Å²) in [6, 6.07) is 0. The minimum Gasteiger partial charge on any atom is -0.494 e. The number of nitrogens with one attached hydrogen (secondary N) is 2. The van der Waals surface area contributed by atoms with Gasteiger partial charge in [0.1, 0.15) is 5.56 Å². The molecular weight excluding hydrogens is 198 g/mol. The molecular formula is C9H7N3O3. The van der Waals surface area contributed by atoms with Crippen LogP contribution in [-0.4, -0.2) is 21.3 Å². The van der Waals surface area contributed by atoms with E-state index >= 15 is 0 Å². The highest BCUT2D eigenvalue weighted by Crippen LogP contribution is 2.13. The van der Waals surface area contributed by atoms with Crippen molar-refractivity contribution in [1.29, 1.82) is 0 Å². The molecule has 1 aliphatic rings. The Kier molecular flexibility index (Phi) is 2.09.